The Labute approximate surface area is 88.8 Å². The van der Waals surface area contributed by atoms with E-state index in [4.69, 9.17) is 17.3 Å². The Morgan fingerprint density at radius 3 is 2.64 bits per heavy atom. The molecule has 2 N–H and O–H groups in total. The Balaban J connectivity index is 2.93. The summed E-state index contributed by atoms with van der Waals surface area (Å²) in [6.45, 7) is 0.375. The summed E-state index contributed by atoms with van der Waals surface area (Å²) < 4.78 is 23.3. The molecule has 3 nitrogen and oxygen atoms in total. The predicted molar refractivity (Wildman–Crippen MR) is 57.2 cm³/mol. The van der Waals surface area contributed by atoms with Gasteiger partial charge in [0.1, 0.15) is 0 Å². The van der Waals surface area contributed by atoms with E-state index in [9.17, 15) is 8.42 Å². The molecule has 0 aliphatic carbocycles. The van der Waals surface area contributed by atoms with E-state index in [-0.39, 0.29) is 10.6 Å². The SMILES string of the molecule is NCCCS(=O)(=O)c1cccc(Cl)c1. The Hall–Kier alpha value is -0.580. The number of benzene rings is 1. The summed E-state index contributed by atoms with van der Waals surface area (Å²) >= 11 is 5.70. The van der Waals surface area contributed by atoms with Crippen molar-refractivity contribution in [1.82, 2.24) is 0 Å². The molecule has 0 unspecified atom stereocenters. The first-order valence-corrected chi connectivity index (χ1v) is 6.27. The molecule has 0 spiro atoms. The molecule has 0 radical (unpaired) electrons. The van der Waals surface area contributed by atoms with E-state index in [1.165, 1.54) is 12.1 Å². The van der Waals surface area contributed by atoms with Crippen LogP contribution < -0.4 is 5.73 Å². The molecule has 78 valence electrons. The van der Waals surface area contributed by atoms with Crippen LogP contribution in [0.15, 0.2) is 29.2 Å². The van der Waals surface area contributed by atoms with Crippen LogP contribution in [0.1, 0.15) is 6.42 Å². The summed E-state index contributed by atoms with van der Waals surface area (Å²) in [5, 5.41) is 0.429. The predicted octanol–water partition coefficient (Wildman–Crippen LogP) is 1.46. The fourth-order valence-electron chi connectivity index (χ4n) is 1.05. The second-order valence-corrected chi connectivity index (χ2v) is 5.46. The van der Waals surface area contributed by atoms with Crippen molar-refractivity contribution < 1.29 is 8.42 Å². The lowest BCUT2D eigenvalue weighted by atomic mass is 10.4. The van der Waals surface area contributed by atoms with Crippen molar-refractivity contribution in [1.29, 1.82) is 0 Å². The molecule has 0 saturated carbocycles. The van der Waals surface area contributed by atoms with Crippen LogP contribution in [0.4, 0.5) is 0 Å². The molecule has 0 bridgehead atoms. The van der Waals surface area contributed by atoms with E-state index in [1.807, 2.05) is 0 Å². The van der Waals surface area contributed by atoms with Crippen molar-refractivity contribution >= 4 is 21.4 Å². The van der Waals surface area contributed by atoms with Crippen LogP contribution in [0.5, 0.6) is 0 Å². The summed E-state index contributed by atoms with van der Waals surface area (Å²) in [7, 11) is -3.21. The van der Waals surface area contributed by atoms with E-state index >= 15 is 0 Å². The first kappa shape index (κ1) is 11.5. The lowest BCUT2D eigenvalue weighted by molar-refractivity contribution is 0.593. The van der Waals surface area contributed by atoms with Gasteiger partial charge in [0, 0.05) is 5.02 Å². The summed E-state index contributed by atoms with van der Waals surface area (Å²) in [5.41, 5.74) is 5.25. The van der Waals surface area contributed by atoms with Crippen LogP contribution in [0.2, 0.25) is 5.02 Å². The number of rotatable bonds is 4. The van der Waals surface area contributed by atoms with Crippen molar-refractivity contribution in [3.05, 3.63) is 29.3 Å². The topological polar surface area (TPSA) is 60.2 Å². The second kappa shape index (κ2) is 4.77. The molecule has 1 aromatic rings. The fourth-order valence-corrected chi connectivity index (χ4v) is 2.68. The van der Waals surface area contributed by atoms with Gasteiger partial charge in [-0.25, -0.2) is 8.42 Å². The highest BCUT2D eigenvalue weighted by Gasteiger charge is 2.13. The van der Waals surface area contributed by atoms with Crippen LogP contribution >= 0.6 is 11.6 Å². The van der Waals surface area contributed by atoms with E-state index in [2.05, 4.69) is 0 Å². The zero-order chi connectivity index (χ0) is 10.6. The van der Waals surface area contributed by atoms with E-state index in [0.29, 0.717) is 18.0 Å². The molecule has 1 aromatic carbocycles. The average Bonchev–Trinajstić information content (AvgIpc) is 2.15. The van der Waals surface area contributed by atoms with Gasteiger partial charge in [-0.1, -0.05) is 17.7 Å². The number of hydrogen-bond donors (Lipinski definition) is 1. The number of hydrogen-bond acceptors (Lipinski definition) is 3. The maximum absolute atomic E-state index is 11.6. The van der Waals surface area contributed by atoms with Gasteiger partial charge in [0.2, 0.25) is 0 Å². The van der Waals surface area contributed by atoms with Crippen molar-refractivity contribution in [3.63, 3.8) is 0 Å². The molecule has 0 aliphatic rings. The molecule has 0 heterocycles. The van der Waals surface area contributed by atoms with E-state index in [0.717, 1.165) is 0 Å². The average molecular weight is 234 g/mol. The number of sulfone groups is 1. The first-order chi connectivity index (χ1) is 6.56. The normalized spacial score (nSPS) is 11.6. The van der Waals surface area contributed by atoms with Crippen molar-refractivity contribution in [2.45, 2.75) is 11.3 Å². The minimum Gasteiger partial charge on any atom is -0.330 e. The van der Waals surface area contributed by atoms with Gasteiger partial charge in [0.15, 0.2) is 9.84 Å². The van der Waals surface area contributed by atoms with E-state index in [1.54, 1.807) is 12.1 Å². The van der Waals surface area contributed by atoms with Crippen molar-refractivity contribution in [3.8, 4) is 0 Å². The summed E-state index contributed by atoms with van der Waals surface area (Å²) in [5.74, 6) is 0.0733. The third-order valence-electron chi connectivity index (χ3n) is 1.77. The number of halogens is 1. The highest BCUT2D eigenvalue weighted by molar-refractivity contribution is 7.91. The smallest absolute Gasteiger partial charge is 0.178 e. The molecule has 5 heteroatoms. The van der Waals surface area contributed by atoms with E-state index < -0.39 is 9.84 Å². The summed E-state index contributed by atoms with van der Waals surface area (Å²) in [4.78, 5) is 0.262. The summed E-state index contributed by atoms with van der Waals surface area (Å²) in [6, 6.07) is 6.26. The van der Waals surface area contributed by atoms with Crippen LogP contribution in [-0.4, -0.2) is 20.7 Å². The van der Waals surface area contributed by atoms with Crippen LogP contribution in [-0.2, 0) is 9.84 Å². The van der Waals surface area contributed by atoms with Gasteiger partial charge in [-0.3, -0.25) is 0 Å². The molecule has 14 heavy (non-hydrogen) atoms. The van der Waals surface area contributed by atoms with Crippen LogP contribution in [0, 0.1) is 0 Å². The lowest BCUT2D eigenvalue weighted by Crippen LogP contribution is -2.11. The van der Waals surface area contributed by atoms with Crippen molar-refractivity contribution in [2.75, 3.05) is 12.3 Å². The van der Waals surface area contributed by atoms with Gasteiger partial charge in [-0.2, -0.15) is 0 Å². The Kier molecular flexibility index (Phi) is 3.92. The number of nitrogens with two attached hydrogens (primary N) is 1. The minimum absolute atomic E-state index is 0.0733. The fraction of sp³-hybridized carbons (Fsp3) is 0.333. The van der Waals surface area contributed by atoms with Crippen molar-refractivity contribution in [2.24, 2.45) is 5.73 Å². The molecule has 0 aliphatic heterocycles. The maximum Gasteiger partial charge on any atom is 0.178 e. The standard InChI is InChI=1S/C9H12ClNO2S/c10-8-3-1-4-9(7-8)14(12,13)6-2-5-11/h1,3-4,7H,2,5-6,11H2. The Morgan fingerprint density at radius 1 is 1.36 bits per heavy atom. The monoisotopic (exact) mass is 233 g/mol. The minimum atomic E-state index is -3.21. The third kappa shape index (κ3) is 2.97. The molecular weight excluding hydrogens is 222 g/mol. The second-order valence-electron chi connectivity index (χ2n) is 2.92. The quantitative estimate of drug-likeness (QED) is 0.857. The lowest BCUT2D eigenvalue weighted by Gasteiger charge is -2.03. The molecule has 0 saturated heterocycles. The highest BCUT2D eigenvalue weighted by atomic mass is 35.5. The van der Waals surface area contributed by atoms with Gasteiger partial charge < -0.3 is 5.73 Å². The van der Waals surface area contributed by atoms with Gasteiger partial charge in [0.05, 0.1) is 10.6 Å². The first-order valence-electron chi connectivity index (χ1n) is 4.24. The largest absolute Gasteiger partial charge is 0.330 e. The van der Waals surface area contributed by atoms with Crippen LogP contribution in [0.25, 0.3) is 0 Å². The molecule has 0 atom stereocenters. The van der Waals surface area contributed by atoms with Gasteiger partial charge in [-0.15, -0.1) is 0 Å². The molecular formula is C9H12ClNO2S. The highest BCUT2D eigenvalue weighted by Crippen LogP contribution is 2.16. The van der Waals surface area contributed by atoms with Gasteiger partial charge >= 0.3 is 0 Å². The molecule has 1 rings (SSSR count). The molecule has 0 amide bonds. The maximum atomic E-state index is 11.6. The third-order valence-corrected chi connectivity index (χ3v) is 3.81. The zero-order valence-electron chi connectivity index (χ0n) is 7.61. The molecule has 0 aromatic heterocycles. The molecule has 0 fully saturated rings. The van der Waals surface area contributed by atoms with Crippen LogP contribution in [0.3, 0.4) is 0 Å². The Bertz CT molecular complexity index is 403. The van der Waals surface area contributed by atoms with Gasteiger partial charge in [0.25, 0.3) is 0 Å². The van der Waals surface area contributed by atoms with Gasteiger partial charge in [-0.05, 0) is 31.2 Å². The summed E-state index contributed by atoms with van der Waals surface area (Å²) in [6.07, 6.45) is 0.467. The Morgan fingerprint density at radius 2 is 2.07 bits per heavy atom. The zero-order valence-corrected chi connectivity index (χ0v) is 9.18.